The molecule has 138 valence electrons. The van der Waals surface area contributed by atoms with Crippen molar-refractivity contribution in [3.63, 3.8) is 0 Å². The van der Waals surface area contributed by atoms with E-state index in [1.807, 2.05) is 29.2 Å². The van der Waals surface area contributed by atoms with Crippen LogP contribution in [0.25, 0.3) is 0 Å². The van der Waals surface area contributed by atoms with Crippen molar-refractivity contribution >= 4 is 29.9 Å². The summed E-state index contributed by atoms with van der Waals surface area (Å²) in [6, 6.07) is 7.41. The highest BCUT2D eigenvalue weighted by atomic mass is 35.5. The highest BCUT2D eigenvalue weighted by Gasteiger charge is 2.42. The molecule has 1 aromatic rings. The van der Waals surface area contributed by atoms with E-state index >= 15 is 0 Å². The number of rotatable bonds is 4. The molecule has 0 aliphatic carbocycles. The fraction of sp³-hybridized carbons (Fsp3) is 0.556. The number of amides is 2. The number of nitrogens with zero attached hydrogens (tertiary/aromatic N) is 2. The lowest BCUT2D eigenvalue weighted by Crippen LogP contribution is -2.38. The lowest BCUT2D eigenvalue weighted by Gasteiger charge is -2.24. The average molecular weight is 368 g/mol. The minimum atomic E-state index is -0.289. The Bertz CT molecular complexity index is 654. The molecular formula is C18H26ClN3O3. The maximum absolute atomic E-state index is 12.8. The van der Waals surface area contributed by atoms with E-state index < -0.39 is 0 Å². The van der Waals surface area contributed by atoms with E-state index in [1.165, 1.54) is 0 Å². The maximum atomic E-state index is 12.8. The SMILES string of the molecule is COc1ccccc1N1CC(C(=O)N2CCC(C)(CN)C2)CC1=O.Cl. The van der Waals surface area contributed by atoms with E-state index in [0.29, 0.717) is 25.4 Å². The number of anilines is 1. The van der Waals surface area contributed by atoms with Crippen molar-refractivity contribution in [2.45, 2.75) is 19.8 Å². The van der Waals surface area contributed by atoms with Gasteiger partial charge in [-0.1, -0.05) is 19.1 Å². The second-order valence-electron chi connectivity index (χ2n) is 7.10. The van der Waals surface area contributed by atoms with E-state index in [1.54, 1.807) is 12.0 Å². The molecule has 0 saturated carbocycles. The summed E-state index contributed by atoms with van der Waals surface area (Å²) in [5.74, 6) is 0.398. The first kappa shape index (κ1) is 19.5. The van der Waals surface area contributed by atoms with E-state index in [9.17, 15) is 9.59 Å². The van der Waals surface area contributed by atoms with Crippen LogP contribution in [-0.4, -0.2) is 50.0 Å². The van der Waals surface area contributed by atoms with Crippen LogP contribution in [0.15, 0.2) is 24.3 Å². The first-order valence-corrected chi connectivity index (χ1v) is 8.40. The number of benzene rings is 1. The molecule has 2 atom stereocenters. The predicted molar refractivity (Wildman–Crippen MR) is 99.1 cm³/mol. The average Bonchev–Trinajstić information content (AvgIpc) is 3.18. The van der Waals surface area contributed by atoms with E-state index in [2.05, 4.69) is 6.92 Å². The molecule has 2 unspecified atom stereocenters. The molecule has 7 heteroatoms. The first-order valence-electron chi connectivity index (χ1n) is 8.40. The van der Waals surface area contributed by atoms with Gasteiger partial charge in [-0.3, -0.25) is 9.59 Å². The molecule has 2 fully saturated rings. The summed E-state index contributed by atoms with van der Waals surface area (Å²) in [5.41, 5.74) is 6.55. The zero-order chi connectivity index (χ0) is 17.3. The van der Waals surface area contributed by atoms with E-state index in [4.69, 9.17) is 10.5 Å². The van der Waals surface area contributed by atoms with E-state index in [0.717, 1.165) is 18.7 Å². The molecule has 0 spiro atoms. The number of para-hydroxylation sites is 2. The van der Waals surface area contributed by atoms with Crippen molar-refractivity contribution in [1.29, 1.82) is 0 Å². The molecule has 0 radical (unpaired) electrons. The Hall–Kier alpha value is -1.79. The van der Waals surface area contributed by atoms with E-state index in [-0.39, 0.29) is 42.0 Å². The zero-order valence-corrected chi connectivity index (χ0v) is 15.6. The standard InChI is InChI=1S/C18H25N3O3.ClH/c1-18(11-19)7-8-20(12-18)17(23)13-9-16(22)21(10-13)14-5-3-4-6-15(14)24-2;/h3-6,13H,7-12,19H2,1-2H3;1H. The summed E-state index contributed by atoms with van der Waals surface area (Å²) in [7, 11) is 1.58. The third-order valence-electron chi connectivity index (χ3n) is 5.21. The summed E-state index contributed by atoms with van der Waals surface area (Å²) >= 11 is 0. The Morgan fingerprint density at radius 1 is 1.40 bits per heavy atom. The molecule has 2 aliphatic heterocycles. The van der Waals surface area contributed by atoms with Crippen LogP contribution in [0.4, 0.5) is 5.69 Å². The number of methoxy groups -OCH3 is 1. The van der Waals surface area contributed by atoms with Crippen molar-refractivity contribution < 1.29 is 14.3 Å². The van der Waals surface area contributed by atoms with Crippen LogP contribution in [0, 0.1) is 11.3 Å². The molecule has 0 aromatic heterocycles. The Morgan fingerprint density at radius 3 is 2.76 bits per heavy atom. The fourth-order valence-corrected chi connectivity index (χ4v) is 3.60. The molecule has 2 heterocycles. The summed E-state index contributed by atoms with van der Waals surface area (Å²) in [5, 5.41) is 0. The van der Waals surface area contributed by atoms with Crippen LogP contribution >= 0.6 is 12.4 Å². The number of ether oxygens (including phenoxy) is 1. The van der Waals surface area contributed by atoms with Gasteiger partial charge in [0.25, 0.3) is 0 Å². The van der Waals surface area contributed by atoms with Gasteiger partial charge in [0.2, 0.25) is 11.8 Å². The molecule has 2 aliphatic rings. The maximum Gasteiger partial charge on any atom is 0.228 e. The molecule has 3 rings (SSSR count). The number of likely N-dealkylation sites (tertiary alicyclic amines) is 1. The Labute approximate surface area is 154 Å². The van der Waals surface area contributed by atoms with Crippen LogP contribution in [-0.2, 0) is 9.59 Å². The Balaban J connectivity index is 0.00000225. The molecule has 25 heavy (non-hydrogen) atoms. The van der Waals surface area contributed by atoms with Gasteiger partial charge < -0.3 is 20.3 Å². The lowest BCUT2D eigenvalue weighted by molar-refractivity contribution is -0.135. The van der Waals surface area contributed by atoms with Gasteiger partial charge in [-0.15, -0.1) is 12.4 Å². The van der Waals surface area contributed by atoms with Crippen molar-refractivity contribution in [2.75, 3.05) is 38.2 Å². The lowest BCUT2D eigenvalue weighted by atomic mass is 9.90. The normalized spacial score (nSPS) is 25.9. The minimum absolute atomic E-state index is 0. The van der Waals surface area contributed by atoms with Crippen molar-refractivity contribution in [3.8, 4) is 5.75 Å². The summed E-state index contributed by atoms with van der Waals surface area (Å²) in [4.78, 5) is 28.8. The number of hydrogen-bond acceptors (Lipinski definition) is 4. The van der Waals surface area contributed by atoms with Crippen molar-refractivity contribution in [3.05, 3.63) is 24.3 Å². The van der Waals surface area contributed by atoms with Gasteiger partial charge >= 0.3 is 0 Å². The molecule has 1 aromatic carbocycles. The zero-order valence-electron chi connectivity index (χ0n) is 14.7. The van der Waals surface area contributed by atoms with Crippen molar-refractivity contribution in [1.82, 2.24) is 4.90 Å². The smallest absolute Gasteiger partial charge is 0.228 e. The number of nitrogens with two attached hydrogens (primary N) is 1. The Morgan fingerprint density at radius 2 is 2.12 bits per heavy atom. The third-order valence-corrected chi connectivity index (χ3v) is 5.21. The summed E-state index contributed by atoms with van der Waals surface area (Å²) < 4.78 is 5.34. The first-order chi connectivity index (χ1) is 11.5. The molecule has 2 saturated heterocycles. The number of halogens is 1. The van der Waals surface area contributed by atoms with Gasteiger partial charge in [-0.05, 0) is 30.5 Å². The van der Waals surface area contributed by atoms with Gasteiger partial charge in [-0.25, -0.2) is 0 Å². The molecule has 6 nitrogen and oxygen atoms in total. The molecule has 0 bridgehead atoms. The number of hydrogen-bond donors (Lipinski definition) is 1. The van der Waals surface area contributed by atoms with Crippen LogP contribution < -0.4 is 15.4 Å². The topological polar surface area (TPSA) is 75.9 Å². The molecular weight excluding hydrogens is 342 g/mol. The summed E-state index contributed by atoms with van der Waals surface area (Å²) in [6.07, 6.45) is 1.18. The van der Waals surface area contributed by atoms with Gasteiger partial charge in [-0.2, -0.15) is 0 Å². The van der Waals surface area contributed by atoms with Gasteiger partial charge in [0.05, 0.1) is 18.7 Å². The quantitative estimate of drug-likeness (QED) is 0.878. The highest BCUT2D eigenvalue weighted by Crippen LogP contribution is 2.35. The second-order valence-corrected chi connectivity index (χ2v) is 7.10. The fourth-order valence-electron chi connectivity index (χ4n) is 3.60. The number of carbonyl (C=O) groups excluding carboxylic acids is 2. The highest BCUT2D eigenvalue weighted by molar-refractivity contribution is 6.01. The van der Waals surface area contributed by atoms with Crippen LogP contribution in [0.5, 0.6) is 5.75 Å². The van der Waals surface area contributed by atoms with Crippen molar-refractivity contribution in [2.24, 2.45) is 17.1 Å². The van der Waals surface area contributed by atoms with Crippen LogP contribution in [0.2, 0.25) is 0 Å². The summed E-state index contributed by atoms with van der Waals surface area (Å²) in [6.45, 7) is 4.51. The van der Waals surface area contributed by atoms with Gasteiger partial charge in [0.15, 0.2) is 0 Å². The third kappa shape index (κ3) is 3.75. The van der Waals surface area contributed by atoms with Crippen LogP contribution in [0.1, 0.15) is 19.8 Å². The largest absolute Gasteiger partial charge is 0.495 e. The van der Waals surface area contributed by atoms with Gasteiger partial charge in [0, 0.05) is 26.1 Å². The molecule has 2 amide bonds. The molecule has 2 N–H and O–H groups in total. The second kappa shape index (κ2) is 7.62. The van der Waals surface area contributed by atoms with Gasteiger partial charge in [0.1, 0.15) is 5.75 Å². The van der Waals surface area contributed by atoms with Crippen LogP contribution in [0.3, 0.4) is 0 Å². The monoisotopic (exact) mass is 367 g/mol. The predicted octanol–water partition coefficient (Wildman–Crippen LogP) is 1.67. The Kier molecular flexibility index (Phi) is 5.95. The number of carbonyl (C=O) groups is 2. The minimum Gasteiger partial charge on any atom is -0.495 e.